The van der Waals surface area contributed by atoms with Crippen molar-refractivity contribution in [3.05, 3.63) is 69.1 Å². The van der Waals surface area contributed by atoms with E-state index >= 15 is 0 Å². The van der Waals surface area contributed by atoms with Crippen LogP contribution >= 0.6 is 11.8 Å². The monoisotopic (exact) mass is 421 g/mol. The third-order valence-corrected chi connectivity index (χ3v) is 5.76. The van der Waals surface area contributed by atoms with Crippen molar-refractivity contribution in [2.24, 2.45) is 14.1 Å². The number of rotatable bonds is 4. The number of benzene rings is 2. The molecule has 152 valence electrons. The maximum absolute atomic E-state index is 12.7. The van der Waals surface area contributed by atoms with E-state index in [1.165, 1.54) is 11.6 Å². The zero-order valence-electron chi connectivity index (χ0n) is 16.7. The molecule has 2 aromatic heterocycles. The summed E-state index contributed by atoms with van der Waals surface area (Å²) in [6, 6.07) is 13.5. The fourth-order valence-electron chi connectivity index (χ4n) is 3.29. The number of hydrogen-bond acceptors (Lipinski definition) is 6. The normalized spacial score (nSPS) is 11.2. The highest BCUT2D eigenvalue weighted by molar-refractivity contribution is 8.00. The number of thioether (sulfide) groups is 1. The van der Waals surface area contributed by atoms with E-state index in [4.69, 9.17) is 0 Å². The summed E-state index contributed by atoms with van der Waals surface area (Å²) in [5.74, 6) is 0.256. The highest BCUT2D eigenvalue weighted by Crippen LogP contribution is 2.25. The Hall–Kier alpha value is -3.46. The Labute approximate surface area is 175 Å². The maximum Gasteiger partial charge on any atom is 0.332 e. The Balaban J connectivity index is 1.64. The molecule has 0 aliphatic carbocycles. The molecule has 0 aliphatic rings. The number of hydrogen-bond donors (Lipinski definition) is 1. The molecule has 0 fully saturated rings. The van der Waals surface area contributed by atoms with E-state index in [2.05, 4.69) is 15.3 Å². The van der Waals surface area contributed by atoms with E-state index in [1.807, 2.05) is 42.5 Å². The topological polar surface area (TPSA) is 98.9 Å². The molecule has 0 unspecified atom stereocenters. The standard InChI is InChI=1S/C21H19N5O3S/c1-12-22-18-17(20(28)26(3)21(29)25(18)2)19(23-12)30-11-16(27)24-15-10-6-8-13-7-4-5-9-14(13)15/h4-10H,11H2,1-3H3,(H,24,27). The lowest BCUT2D eigenvalue weighted by Gasteiger charge is -2.11. The van der Waals surface area contributed by atoms with E-state index in [0.29, 0.717) is 10.9 Å². The number of carbonyl (C=O) groups is 1. The largest absolute Gasteiger partial charge is 0.332 e. The van der Waals surface area contributed by atoms with Crippen molar-refractivity contribution in [3.63, 3.8) is 0 Å². The van der Waals surface area contributed by atoms with Crippen molar-refractivity contribution in [1.82, 2.24) is 19.1 Å². The number of nitrogens with one attached hydrogen (secondary N) is 1. The van der Waals surface area contributed by atoms with Crippen molar-refractivity contribution in [2.45, 2.75) is 11.9 Å². The molecule has 4 aromatic rings. The molecule has 0 aliphatic heterocycles. The fraction of sp³-hybridized carbons (Fsp3) is 0.190. The summed E-state index contributed by atoms with van der Waals surface area (Å²) < 4.78 is 2.33. The number of aryl methyl sites for hydroxylation is 2. The van der Waals surface area contributed by atoms with Crippen LogP contribution in [0.1, 0.15) is 5.82 Å². The number of nitrogens with zero attached hydrogens (tertiary/aromatic N) is 4. The SMILES string of the molecule is Cc1nc(SCC(=O)Nc2cccc3ccccc23)c2c(=O)n(C)c(=O)n(C)c2n1. The predicted octanol–water partition coefficient (Wildman–Crippen LogP) is 2.22. The Kier molecular flexibility index (Phi) is 5.13. The molecule has 8 nitrogen and oxygen atoms in total. The second-order valence-corrected chi connectivity index (χ2v) is 7.81. The third kappa shape index (κ3) is 3.48. The smallest absolute Gasteiger partial charge is 0.325 e. The molecule has 4 rings (SSSR count). The van der Waals surface area contributed by atoms with Gasteiger partial charge in [0.1, 0.15) is 16.2 Å². The minimum absolute atomic E-state index is 0.0563. The molecule has 1 N–H and O–H groups in total. The van der Waals surface area contributed by atoms with Crippen LogP contribution in [-0.4, -0.2) is 30.8 Å². The molecule has 0 atom stereocenters. The molecule has 9 heteroatoms. The van der Waals surface area contributed by atoms with Crippen LogP contribution in [0.2, 0.25) is 0 Å². The van der Waals surface area contributed by atoms with Crippen molar-refractivity contribution in [1.29, 1.82) is 0 Å². The minimum Gasteiger partial charge on any atom is -0.325 e. The first kappa shape index (κ1) is 19.8. The van der Waals surface area contributed by atoms with Crippen molar-refractivity contribution in [3.8, 4) is 0 Å². The lowest BCUT2D eigenvalue weighted by Crippen LogP contribution is -2.37. The number of carbonyl (C=O) groups excluding carboxylic acids is 1. The lowest BCUT2D eigenvalue weighted by molar-refractivity contribution is -0.113. The molecule has 2 aromatic carbocycles. The second-order valence-electron chi connectivity index (χ2n) is 6.84. The molecular weight excluding hydrogens is 402 g/mol. The van der Waals surface area contributed by atoms with Crippen LogP contribution in [0.3, 0.4) is 0 Å². The molecule has 1 amide bonds. The van der Waals surface area contributed by atoms with Crippen LogP contribution < -0.4 is 16.6 Å². The van der Waals surface area contributed by atoms with Crippen molar-refractivity contribution >= 4 is 45.2 Å². The van der Waals surface area contributed by atoms with E-state index in [9.17, 15) is 14.4 Å². The van der Waals surface area contributed by atoms with Gasteiger partial charge in [-0.05, 0) is 18.4 Å². The molecule has 0 spiro atoms. The quantitative estimate of drug-likeness (QED) is 0.401. The zero-order valence-corrected chi connectivity index (χ0v) is 17.5. The average molecular weight is 421 g/mol. The number of anilines is 1. The van der Waals surface area contributed by atoms with Gasteiger partial charge in [0, 0.05) is 25.2 Å². The second kappa shape index (κ2) is 7.75. The summed E-state index contributed by atoms with van der Waals surface area (Å²) in [4.78, 5) is 46.1. The molecule has 0 saturated heterocycles. The minimum atomic E-state index is -0.481. The first-order chi connectivity index (χ1) is 14.4. The van der Waals surface area contributed by atoms with E-state index < -0.39 is 11.2 Å². The van der Waals surface area contributed by atoms with Crippen LogP contribution in [0.25, 0.3) is 21.8 Å². The molecule has 2 heterocycles. The van der Waals surface area contributed by atoms with Gasteiger partial charge in [-0.25, -0.2) is 14.8 Å². The molecule has 30 heavy (non-hydrogen) atoms. The summed E-state index contributed by atoms with van der Waals surface area (Å²) in [7, 11) is 2.96. The van der Waals surface area contributed by atoms with Gasteiger partial charge in [-0.1, -0.05) is 48.2 Å². The third-order valence-electron chi connectivity index (χ3n) is 4.78. The molecule has 0 saturated carbocycles. The van der Waals surface area contributed by atoms with Gasteiger partial charge in [0.05, 0.1) is 5.75 Å². The van der Waals surface area contributed by atoms with Gasteiger partial charge in [0.2, 0.25) is 5.91 Å². The zero-order chi connectivity index (χ0) is 21.4. The first-order valence-corrected chi connectivity index (χ1v) is 10.2. The summed E-state index contributed by atoms with van der Waals surface area (Å²) in [6.07, 6.45) is 0. The van der Waals surface area contributed by atoms with Gasteiger partial charge in [0.15, 0.2) is 5.65 Å². The van der Waals surface area contributed by atoms with Crippen LogP contribution in [0.5, 0.6) is 0 Å². The highest BCUT2D eigenvalue weighted by Gasteiger charge is 2.17. The Morgan fingerprint density at radius 1 is 1.03 bits per heavy atom. The summed E-state index contributed by atoms with van der Waals surface area (Å²) >= 11 is 1.14. The van der Waals surface area contributed by atoms with Crippen molar-refractivity contribution in [2.75, 3.05) is 11.1 Å². The Morgan fingerprint density at radius 3 is 2.57 bits per heavy atom. The fourth-order valence-corrected chi connectivity index (χ4v) is 4.15. The van der Waals surface area contributed by atoms with Gasteiger partial charge in [-0.15, -0.1) is 0 Å². The van der Waals surface area contributed by atoms with E-state index in [-0.39, 0.29) is 22.7 Å². The predicted molar refractivity (Wildman–Crippen MR) is 118 cm³/mol. The van der Waals surface area contributed by atoms with Gasteiger partial charge in [-0.3, -0.25) is 18.7 Å². The van der Waals surface area contributed by atoms with Gasteiger partial charge in [0.25, 0.3) is 5.56 Å². The summed E-state index contributed by atoms with van der Waals surface area (Å²) in [5.41, 5.74) is 0.0357. The van der Waals surface area contributed by atoms with Crippen LogP contribution in [0.15, 0.2) is 57.1 Å². The summed E-state index contributed by atoms with van der Waals surface area (Å²) in [5, 5.41) is 5.51. The average Bonchev–Trinajstić information content (AvgIpc) is 2.74. The van der Waals surface area contributed by atoms with Crippen LogP contribution in [0, 0.1) is 6.92 Å². The van der Waals surface area contributed by atoms with E-state index in [0.717, 1.165) is 32.8 Å². The lowest BCUT2D eigenvalue weighted by atomic mass is 10.1. The van der Waals surface area contributed by atoms with Crippen LogP contribution in [-0.2, 0) is 18.9 Å². The first-order valence-electron chi connectivity index (χ1n) is 9.21. The van der Waals surface area contributed by atoms with Gasteiger partial charge < -0.3 is 5.32 Å². The highest BCUT2D eigenvalue weighted by atomic mass is 32.2. The van der Waals surface area contributed by atoms with Gasteiger partial charge >= 0.3 is 5.69 Å². The number of amides is 1. The van der Waals surface area contributed by atoms with Crippen molar-refractivity contribution < 1.29 is 4.79 Å². The van der Waals surface area contributed by atoms with E-state index in [1.54, 1.807) is 14.0 Å². The number of fused-ring (bicyclic) bond motifs is 2. The maximum atomic E-state index is 12.7. The Bertz CT molecular complexity index is 1420. The molecular formula is C21H19N5O3S. The number of aromatic nitrogens is 4. The van der Waals surface area contributed by atoms with Gasteiger partial charge in [-0.2, -0.15) is 0 Å². The summed E-state index contributed by atoms with van der Waals surface area (Å²) in [6.45, 7) is 1.68. The van der Waals surface area contributed by atoms with Crippen LogP contribution in [0.4, 0.5) is 5.69 Å². The molecule has 0 radical (unpaired) electrons. The Morgan fingerprint density at radius 2 is 1.77 bits per heavy atom. The molecule has 0 bridgehead atoms.